The first-order valence-corrected chi connectivity index (χ1v) is 7.16. The number of halogens is 1. The predicted molar refractivity (Wildman–Crippen MR) is 71.0 cm³/mol. The van der Waals surface area contributed by atoms with E-state index in [9.17, 15) is 4.79 Å². The third-order valence-corrected chi connectivity index (χ3v) is 4.34. The SMILES string of the molecule is O=CCCc1cc2c(cc1Br)OC1(CCCC1)O2. The lowest BCUT2D eigenvalue weighted by molar-refractivity contribution is -0.107. The van der Waals surface area contributed by atoms with Gasteiger partial charge in [-0.3, -0.25) is 0 Å². The van der Waals surface area contributed by atoms with Crippen molar-refractivity contribution in [2.45, 2.75) is 44.3 Å². The second kappa shape index (κ2) is 4.57. The van der Waals surface area contributed by atoms with Gasteiger partial charge in [-0.1, -0.05) is 15.9 Å². The zero-order valence-electron chi connectivity index (χ0n) is 10.1. The summed E-state index contributed by atoms with van der Waals surface area (Å²) in [6.07, 6.45) is 6.44. The number of aldehydes is 1. The van der Waals surface area contributed by atoms with Gasteiger partial charge in [0.15, 0.2) is 11.5 Å². The van der Waals surface area contributed by atoms with E-state index in [0.717, 1.165) is 59.9 Å². The number of hydrogen-bond donors (Lipinski definition) is 0. The molecule has 2 aliphatic rings. The molecule has 18 heavy (non-hydrogen) atoms. The Morgan fingerprint density at radius 3 is 2.56 bits per heavy atom. The van der Waals surface area contributed by atoms with Gasteiger partial charge < -0.3 is 14.3 Å². The van der Waals surface area contributed by atoms with Crippen molar-refractivity contribution in [2.24, 2.45) is 0 Å². The maximum Gasteiger partial charge on any atom is 0.251 e. The van der Waals surface area contributed by atoms with Crippen LogP contribution in [-0.4, -0.2) is 12.1 Å². The van der Waals surface area contributed by atoms with E-state index in [4.69, 9.17) is 9.47 Å². The summed E-state index contributed by atoms with van der Waals surface area (Å²) in [4.78, 5) is 10.5. The molecule has 0 saturated heterocycles. The Hall–Kier alpha value is -1.03. The molecular formula is C14H15BrO3. The smallest absolute Gasteiger partial charge is 0.251 e. The summed E-state index contributed by atoms with van der Waals surface area (Å²) in [5, 5.41) is 0. The minimum absolute atomic E-state index is 0.412. The fourth-order valence-electron chi connectivity index (χ4n) is 2.68. The maximum absolute atomic E-state index is 10.5. The van der Waals surface area contributed by atoms with Crippen LogP contribution in [0.25, 0.3) is 0 Å². The zero-order valence-corrected chi connectivity index (χ0v) is 11.7. The quantitative estimate of drug-likeness (QED) is 0.800. The van der Waals surface area contributed by atoms with Crippen LogP contribution in [-0.2, 0) is 11.2 Å². The largest absolute Gasteiger partial charge is 0.448 e. The fraction of sp³-hybridized carbons (Fsp3) is 0.500. The second-order valence-corrected chi connectivity index (χ2v) is 5.77. The molecule has 1 heterocycles. The van der Waals surface area contributed by atoms with Crippen molar-refractivity contribution in [1.29, 1.82) is 0 Å². The number of hydrogen-bond acceptors (Lipinski definition) is 3. The predicted octanol–water partition coefficient (Wildman–Crippen LogP) is 3.62. The van der Waals surface area contributed by atoms with Crippen LogP contribution in [0.3, 0.4) is 0 Å². The fourth-order valence-corrected chi connectivity index (χ4v) is 3.20. The lowest BCUT2D eigenvalue weighted by atomic mass is 10.1. The first kappa shape index (κ1) is 12.0. The van der Waals surface area contributed by atoms with Crippen LogP contribution in [0.1, 0.15) is 37.7 Å². The summed E-state index contributed by atoms with van der Waals surface area (Å²) in [6.45, 7) is 0. The molecule has 1 spiro atoms. The Morgan fingerprint density at radius 1 is 1.22 bits per heavy atom. The normalized spacial score (nSPS) is 19.4. The van der Waals surface area contributed by atoms with Gasteiger partial charge in [-0.15, -0.1) is 0 Å². The summed E-state index contributed by atoms with van der Waals surface area (Å²) < 4.78 is 13.0. The van der Waals surface area contributed by atoms with Gasteiger partial charge in [0.05, 0.1) is 0 Å². The molecule has 4 heteroatoms. The van der Waals surface area contributed by atoms with E-state index < -0.39 is 5.79 Å². The molecule has 0 unspecified atom stereocenters. The number of carbonyl (C=O) groups is 1. The Kier molecular flexibility index (Phi) is 3.06. The third-order valence-electron chi connectivity index (χ3n) is 3.60. The van der Waals surface area contributed by atoms with Crippen LogP contribution in [0.5, 0.6) is 11.5 Å². The average Bonchev–Trinajstić information content (AvgIpc) is 2.93. The first-order chi connectivity index (χ1) is 8.72. The highest BCUT2D eigenvalue weighted by Gasteiger charge is 2.44. The molecule has 3 rings (SSSR count). The topological polar surface area (TPSA) is 35.5 Å². The summed E-state index contributed by atoms with van der Waals surface area (Å²) >= 11 is 3.53. The summed E-state index contributed by atoms with van der Waals surface area (Å²) in [7, 11) is 0. The number of fused-ring (bicyclic) bond motifs is 1. The van der Waals surface area contributed by atoms with Crippen molar-refractivity contribution in [1.82, 2.24) is 0 Å². The van der Waals surface area contributed by atoms with E-state index >= 15 is 0 Å². The van der Waals surface area contributed by atoms with Crippen molar-refractivity contribution < 1.29 is 14.3 Å². The molecule has 1 fully saturated rings. The van der Waals surface area contributed by atoms with Gasteiger partial charge >= 0.3 is 0 Å². The minimum atomic E-state index is -0.412. The van der Waals surface area contributed by atoms with Crippen LogP contribution < -0.4 is 9.47 Å². The lowest BCUT2D eigenvalue weighted by Gasteiger charge is -2.21. The molecule has 1 aromatic rings. The van der Waals surface area contributed by atoms with Gasteiger partial charge in [0.25, 0.3) is 5.79 Å². The second-order valence-electron chi connectivity index (χ2n) is 4.92. The molecule has 96 valence electrons. The summed E-state index contributed by atoms with van der Waals surface area (Å²) in [5.74, 6) is 1.23. The maximum atomic E-state index is 10.5. The standard InChI is InChI=1S/C14H15BrO3/c15-11-9-13-12(8-10(11)4-3-7-16)17-14(18-13)5-1-2-6-14/h7-9H,1-6H2. The molecule has 0 amide bonds. The van der Waals surface area contributed by atoms with Crippen LogP contribution in [0.2, 0.25) is 0 Å². The van der Waals surface area contributed by atoms with Gasteiger partial charge in [-0.05, 0) is 37.0 Å². The monoisotopic (exact) mass is 310 g/mol. The summed E-state index contributed by atoms with van der Waals surface area (Å²) in [6, 6.07) is 3.96. The lowest BCUT2D eigenvalue weighted by Crippen LogP contribution is -2.34. The molecule has 1 aliphatic carbocycles. The van der Waals surface area contributed by atoms with Gasteiger partial charge in [-0.2, -0.15) is 0 Å². The van der Waals surface area contributed by atoms with Gasteiger partial charge in [-0.25, -0.2) is 0 Å². The molecule has 0 radical (unpaired) electrons. The molecule has 3 nitrogen and oxygen atoms in total. The molecule has 0 aromatic heterocycles. The minimum Gasteiger partial charge on any atom is -0.448 e. The highest BCUT2D eigenvalue weighted by atomic mass is 79.9. The van der Waals surface area contributed by atoms with Crippen molar-refractivity contribution in [3.8, 4) is 11.5 Å². The van der Waals surface area contributed by atoms with Crippen LogP contribution in [0.4, 0.5) is 0 Å². The third kappa shape index (κ3) is 2.03. The van der Waals surface area contributed by atoms with Gasteiger partial charge in [0.2, 0.25) is 0 Å². The molecule has 0 N–H and O–H groups in total. The van der Waals surface area contributed by atoms with E-state index in [-0.39, 0.29) is 0 Å². The van der Waals surface area contributed by atoms with Crippen molar-refractivity contribution in [2.75, 3.05) is 0 Å². The first-order valence-electron chi connectivity index (χ1n) is 6.36. The van der Waals surface area contributed by atoms with E-state index in [1.807, 2.05) is 12.1 Å². The Bertz CT molecular complexity index is 478. The number of benzene rings is 1. The Labute approximate surface area is 115 Å². The number of ether oxygens (including phenoxy) is 2. The van der Waals surface area contributed by atoms with Crippen molar-refractivity contribution in [3.63, 3.8) is 0 Å². The highest BCUT2D eigenvalue weighted by molar-refractivity contribution is 9.10. The molecule has 0 bridgehead atoms. The van der Waals surface area contributed by atoms with E-state index in [2.05, 4.69) is 15.9 Å². The number of rotatable bonds is 3. The van der Waals surface area contributed by atoms with Crippen LogP contribution >= 0.6 is 15.9 Å². The Balaban J connectivity index is 1.87. The van der Waals surface area contributed by atoms with E-state index in [1.54, 1.807) is 0 Å². The molecule has 1 aromatic carbocycles. The molecular weight excluding hydrogens is 296 g/mol. The van der Waals surface area contributed by atoms with Crippen LogP contribution in [0, 0.1) is 0 Å². The van der Waals surface area contributed by atoms with Crippen molar-refractivity contribution in [3.05, 3.63) is 22.2 Å². The van der Waals surface area contributed by atoms with E-state index in [0.29, 0.717) is 6.42 Å². The van der Waals surface area contributed by atoms with Gasteiger partial charge in [0, 0.05) is 23.7 Å². The van der Waals surface area contributed by atoms with Crippen molar-refractivity contribution >= 4 is 22.2 Å². The Morgan fingerprint density at radius 2 is 1.89 bits per heavy atom. The molecule has 0 atom stereocenters. The summed E-state index contributed by atoms with van der Waals surface area (Å²) in [5.41, 5.74) is 1.10. The zero-order chi connectivity index (χ0) is 12.6. The number of aryl methyl sites for hydroxylation is 1. The van der Waals surface area contributed by atoms with Crippen LogP contribution in [0.15, 0.2) is 16.6 Å². The van der Waals surface area contributed by atoms with Gasteiger partial charge in [0.1, 0.15) is 6.29 Å². The van der Waals surface area contributed by atoms with E-state index in [1.165, 1.54) is 0 Å². The highest BCUT2D eigenvalue weighted by Crippen LogP contribution is 2.48. The molecule has 1 saturated carbocycles. The molecule has 1 aliphatic heterocycles. The average molecular weight is 311 g/mol. The number of carbonyl (C=O) groups excluding carboxylic acids is 1.